The zero-order chi connectivity index (χ0) is 28.4. The Bertz CT molecular complexity index is 1350. The van der Waals surface area contributed by atoms with Crippen molar-refractivity contribution < 1.29 is 41.0 Å². The van der Waals surface area contributed by atoms with E-state index in [1.807, 2.05) is 0 Å². The molecular weight excluding hydrogens is 572 g/mol. The third kappa shape index (κ3) is 11.1. The Morgan fingerprint density at radius 2 is 1.62 bits per heavy atom. The van der Waals surface area contributed by atoms with E-state index in [9.17, 15) is 31.5 Å². The van der Waals surface area contributed by atoms with Crippen molar-refractivity contribution in [2.45, 2.75) is 11.4 Å². The molecule has 0 radical (unpaired) electrons. The van der Waals surface area contributed by atoms with Crippen molar-refractivity contribution >= 4 is 67.2 Å². The average molecular weight is 597 g/mol. The summed E-state index contributed by atoms with van der Waals surface area (Å²) in [7, 11) is -3.96. The first-order valence-electron chi connectivity index (χ1n) is 9.64. The second-order valence-electron chi connectivity index (χ2n) is 6.62. The quantitative estimate of drug-likeness (QED) is 0.168. The second kappa shape index (κ2) is 13.9. The summed E-state index contributed by atoms with van der Waals surface area (Å²) < 4.78 is 62.1. The predicted molar refractivity (Wildman–Crippen MR) is 140 cm³/mol. The van der Waals surface area contributed by atoms with Crippen LogP contribution in [0.3, 0.4) is 0 Å². The number of nitrogens with zero attached hydrogens (tertiary/aromatic N) is 2. The molecule has 0 bridgehead atoms. The normalized spacial score (nSPS) is 10.8. The van der Waals surface area contributed by atoms with E-state index < -0.39 is 42.5 Å². The lowest BCUT2D eigenvalue weighted by Gasteiger charge is -2.12. The number of ether oxygens (including phenoxy) is 2. The van der Waals surface area contributed by atoms with Crippen molar-refractivity contribution in [1.29, 1.82) is 0 Å². The number of thiol groups is 1. The number of carboxylic acids is 1. The number of sulfonamides is 2. The van der Waals surface area contributed by atoms with Crippen LogP contribution in [-0.2, 0) is 26.6 Å². The van der Waals surface area contributed by atoms with Crippen LogP contribution in [-0.4, -0.2) is 75.8 Å². The predicted octanol–water partition coefficient (Wildman–Crippen LogP) is 0.172. The van der Waals surface area contributed by atoms with Gasteiger partial charge in [-0.1, -0.05) is 18.3 Å². The van der Waals surface area contributed by atoms with Gasteiger partial charge in [0, 0.05) is 13.6 Å². The molecule has 0 aliphatic carbocycles. The molecule has 0 aliphatic rings. The highest BCUT2D eigenvalue weighted by Gasteiger charge is 2.25. The topological polar surface area (TPSA) is 215 Å². The number of nitrogens with one attached hydrogen (secondary N) is 4. The molecular formula is C18H24N6O9S4. The van der Waals surface area contributed by atoms with Crippen LogP contribution in [0.4, 0.5) is 10.7 Å². The number of thiocarbonyl (C=S) groups is 1. The molecule has 0 aliphatic heterocycles. The zero-order valence-corrected chi connectivity index (χ0v) is 23.1. The molecule has 1 aromatic heterocycles. The lowest BCUT2D eigenvalue weighted by molar-refractivity contribution is 0.0692. The maximum atomic E-state index is 12.7. The number of anilines is 1. The van der Waals surface area contributed by atoms with Gasteiger partial charge >= 0.3 is 12.0 Å². The third-order valence-electron chi connectivity index (χ3n) is 3.87. The third-order valence-corrected chi connectivity index (χ3v) is 6.34. The Labute approximate surface area is 223 Å². The monoisotopic (exact) mass is 596 g/mol. The highest BCUT2D eigenvalue weighted by atomic mass is 32.2. The van der Waals surface area contributed by atoms with Gasteiger partial charge in [0.1, 0.15) is 9.22 Å². The van der Waals surface area contributed by atoms with Crippen LogP contribution in [0.25, 0.3) is 0 Å². The van der Waals surface area contributed by atoms with Crippen LogP contribution in [0.1, 0.15) is 15.9 Å². The molecule has 5 N–H and O–H groups in total. The smallest absolute Gasteiger partial charge is 0.337 e. The van der Waals surface area contributed by atoms with Gasteiger partial charge in [-0.2, -0.15) is 9.97 Å². The number of hydrogen-bond acceptors (Lipinski definition) is 11. The molecule has 15 nitrogen and oxygen atoms in total. The highest BCUT2D eigenvalue weighted by Crippen LogP contribution is 2.20. The summed E-state index contributed by atoms with van der Waals surface area (Å²) in [5.74, 6) is -1.88. The lowest BCUT2D eigenvalue weighted by atomic mass is 10.1. The van der Waals surface area contributed by atoms with Gasteiger partial charge in [0.15, 0.2) is 0 Å². The van der Waals surface area contributed by atoms with Crippen molar-refractivity contribution in [2.75, 3.05) is 32.8 Å². The number of amides is 2. The number of urea groups is 1. The molecule has 0 fully saturated rings. The number of carbonyl (C=O) groups is 2. The van der Waals surface area contributed by atoms with E-state index in [-0.39, 0.29) is 29.8 Å². The Balaban J connectivity index is 0.00000124. The van der Waals surface area contributed by atoms with Crippen LogP contribution in [0.15, 0.2) is 29.2 Å². The summed E-state index contributed by atoms with van der Waals surface area (Å²) >= 11 is 8.17. The summed E-state index contributed by atoms with van der Waals surface area (Å²) in [6, 6.07) is 3.16. The molecule has 0 atom stereocenters. The summed E-state index contributed by atoms with van der Waals surface area (Å²) in [6.45, 7) is -0.301. The van der Waals surface area contributed by atoms with E-state index in [1.54, 1.807) is 11.8 Å². The summed E-state index contributed by atoms with van der Waals surface area (Å²) in [5, 5.41) is 14.0. The molecule has 2 amide bonds. The molecule has 204 valence electrons. The molecule has 19 heteroatoms. The van der Waals surface area contributed by atoms with Gasteiger partial charge < -0.3 is 19.9 Å². The van der Waals surface area contributed by atoms with Crippen molar-refractivity contribution in [1.82, 2.24) is 24.7 Å². The van der Waals surface area contributed by atoms with Crippen molar-refractivity contribution in [3.05, 3.63) is 35.4 Å². The fraction of sp³-hybridized carbons (Fsp3) is 0.278. The molecule has 0 spiro atoms. The van der Waals surface area contributed by atoms with Crippen molar-refractivity contribution in [2.24, 2.45) is 0 Å². The molecule has 0 saturated heterocycles. The Morgan fingerprint density at radius 1 is 1.08 bits per heavy atom. The number of benzene rings is 1. The first kappa shape index (κ1) is 31.8. The van der Waals surface area contributed by atoms with Gasteiger partial charge in [0.05, 0.1) is 32.1 Å². The van der Waals surface area contributed by atoms with Crippen LogP contribution in [0, 0.1) is 0 Å². The van der Waals surface area contributed by atoms with Crippen molar-refractivity contribution in [3.63, 3.8) is 0 Å². The van der Waals surface area contributed by atoms with Gasteiger partial charge in [-0.05, 0) is 17.7 Å². The van der Waals surface area contributed by atoms with E-state index in [0.717, 1.165) is 18.4 Å². The Kier molecular flexibility index (Phi) is 11.9. The first-order valence-corrected chi connectivity index (χ1v) is 13.9. The maximum Gasteiger partial charge on any atom is 0.337 e. The first-order chi connectivity index (χ1) is 17.1. The van der Waals surface area contributed by atoms with Crippen molar-refractivity contribution in [3.8, 4) is 11.8 Å². The number of aromatic carboxylic acids is 1. The van der Waals surface area contributed by atoms with Crippen LogP contribution in [0.2, 0.25) is 0 Å². The number of hydrogen-bond donors (Lipinski definition) is 6. The summed E-state index contributed by atoms with van der Waals surface area (Å²) in [6.07, 6.45) is 0.901. The fourth-order valence-corrected chi connectivity index (χ4v) is 3.85. The maximum absolute atomic E-state index is 12.7. The summed E-state index contributed by atoms with van der Waals surface area (Å²) in [4.78, 5) is 30.6. The van der Waals surface area contributed by atoms with Gasteiger partial charge in [0.25, 0.3) is 10.0 Å². The van der Waals surface area contributed by atoms with Gasteiger partial charge in [0.2, 0.25) is 27.7 Å². The van der Waals surface area contributed by atoms with E-state index in [0.29, 0.717) is 4.32 Å². The molecule has 1 heterocycles. The number of methoxy groups -OCH3 is 2. The largest absolute Gasteiger partial charge is 0.481 e. The van der Waals surface area contributed by atoms with Gasteiger partial charge in [-0.15, -0.1) is 12.6 Å². The summed E-state index contributed by atoms with van der Waals surface area (Å²) in [5.41, 5.74) is -0.491. The number of aromatic nitrogens is 2. The number of carbonyl (C=O) groups excluding carboxylic acids is 1. The Hall–Kier alpha value is -3.26. The molecule has 0 unspecified atom stereocenters. The van der Waals surface area contributed by atoms with E-state index >= 15 is 0 Å². The average Bonchev–Trinajstić information content (AvgIpc) is 2.81. The molecule has 2 rings (SSSR count). The van der Waals surface area contributed by atoms with E-state index in [1.165, 1.54) is 26.4 Å². The standard InChI is InChI=1S/C16H19N5O9S2.C2H5NS2/c1-29-12-7-13(30-2)19-15(18-12)20-16(24)21-32(27,28)11-6-9(8-17-31(3,25)26)4-5-10(11)14(22)23;1-3-2(4)5/h4-7,17H,8H2,1-3H3,(H,22,23)(H2,18,19,20,21,24);1H3,(H2,3,4,5). The van der Waals surface area contributed by atoms with E-state index in [2.05, 4.69) is 50.2 Å². The van der Waals surface area contributed by atoms with Crippen LogP contribution in [0.5, 0.6) is 11.8 Å². The minimum Gasteiger partial charge on any atom is -0.481 e. The zero-order valence-electron chi connectivity index (χ0n) is 19.8. The highest BCUT2D eigenvalue weighted by molar-refractivity contribution is 8.11. The lowest BCUT2D eigenvalue weighted by Crippen LogP contribution is -2.35. The van der Waals surface area contributed by atoms with Crippen LogP contribution >= 0.6 is 24.8 Å². The van der Waals surface area contributed by atoms with Gasteiger partial charge in [-0.25, -0.2) is 35.9 Å². The fourth-order valence-electron chi connectivity index (χ4n) is 2.26. The number of rotatable bonds is 9. The SMILES string of the molecule is CNC(=S)S.COc1cc(OC)nc(NC(=O)NS(=O)(=O)c2cc(CNS(C)(=O)=O)ccc2C(=O)O)n1. The van der Waals surface area contributed by atoms with Gasteiger partial charge in [-0.3, -0.25) is 5.32 Å². The molecule has 1 aromatic carbocycles. The second-order valence-corrected chi connectivity index (χ2v) is 11.3. The Morgan fingerprint density at radius 3 is 2.05 bits per heavy atom. The molecule has 0 saturated carbocycles. The molecule has 37 heavy (non-hydrogen) atoms. The minimum absolute atomic E-state index is 0.0225. The minimum atomic E-state index is -4.70. The molecule has 2 aromatic rings. The van der Waals surface area contributed by atoms with Crippen LogP contribution < -0.4 is 29.6 Å². The van der Waals surface area contributed by atoms with E-state index in [4.69, 9.17) is 9.47 Å². The number of carboxylic acid groups (broad SMARTS) is 1.